The van der Waals surface area contributed by atoms with Crippen molar-refractivity contribution in [1.29, 1.82) is 0 Å². The number of aromatic hydroxyl groups is 2. The number of benzene rings is 1. The summed E-state index contributed by atoms with van der Waals surface area (Å²) in [5.41, 5.74) is 4.09. The number of carbonyl (C=O) groups is 1. The van der Waals surface area contributed by atoms with Gasteiger partial charge in [-0.2, -0.15) is 0 Å². The van der Waals surface area contributed by atoms with Crippen LogP contribution in [0.4, 0.5) is 0 Å². The maximum Gasteiger partial charge on any atom is 0.303 e. The van der Waals surface area contributed by atoms with Gasteiger partial charge in [0.15, 0.2) is 0 Å². The molecule has 1 atom stereocenters. The number of unbranched alkanes of at least 4 members (excludes halogenated alkanes) is 2. The van der Waals surface area contributed by atoms with Crippen LogP contribution < -0.4 is 0 Å². The van der Waals surface area contributed by atoms with Crippen molar-refractivity contribution in [2.45, 2.75) is 91.4 Å². The van der Waals surface area contributed by atoms with Crippen molar-refractivity contribution in [1.82, 2.24) is 0 Å². The third-order valence-corrected chi connectivity index (χ3v) is 5.38. The minimum Gasteiger partial charge on any atom is -0.508 e. The molecule has 0 spiro atoms. The number of carboxylic acid groups (broad SMARTS) is 1. The molecule has 0 saturated carbocycles. The zero-order valence-corrected chi connectivity index (χ0v) is 18.5. The summed E-state index contributed by atoms with van der Waals surface area (Å²) in [5, 5.41) is 29.7. The number of aliphatic carboxylic acids is 1. The highest BCUT2D eigenvalue weighted by atomic mass is 16.4. The second kappa shape index (κ2) is 13.1. The first-order chi connectivity index (χ1) is 13.7. The predicted molar refractivity (Wildman–Crippen MR) is 120 cm³/mol. The van der Waals surface area contributed by atoms with Crippen LogP contribution in [0.2, 0.25) is 0 Å². The van der Waals surface area contributed by atoms with Crippen LogP contribution in [0.5, 0.6) is 11.5 Å². The maximum absolute atomic E-state index is 10.6. The molecule has 0 heterocycles. The Morgan fingerprint density at radius 1 is 1.00 bits per heavy atom. The fourth-order valence-corrected chi connectivity index (χ4v) is 3.52. The van der Waals surface area contributed by atoms with Crippen LogP contribution in [0.1, 0.15) is 96.1 Å². The van der Waals surface area contributed by atoms with E-state index in [0.29, 0.717) is 18.4 Å². The van der Waals surface area contributed by atoms with Gasteiger partial charge in [0.25, 0.3) is 0 Å². The lowest BCUT2D eigenvalue weighted by atomic mass is 9.89. The summed E-state index contributed by atoms with van der Waals surface area (Å²) in [7, 11) is 0. The normalized spacial score (nSPS) is 12.6. The van der Waals surface area contributed by atoms with Crippen molar-refractivity contribution in [2.24, 2.45) is 0 Å². The zero-order valence-electron chi connectivity index (χ0n) is 18.5. The van der Waals surface area contributed by atoms with Crippen LogP contribution >= 0.6 is 0 Å². The van der Waals surface area contributed by atoms with Crippen LogP contribution in [-0.4, -0.2) is 21.3 Å². The van der Waals surface area contributed by atoms with E-state index in [2.05, 4.69) is 39.8 Å². The minimum absolute atomic E-state index is 0.151. The number of hydrogen-bond acceptors (Lipinski definition) is 3. The van der Waals surface area contributed by atoms with Crippen LogP contribution in [-0.2, 0) is 11.2 Å². The number of carboxylic acids is 1. The van der Waals surface area contributed by atoms with Gasteiger partial charge in [0.05, 0.1) is 0 Å². The maximum atomic E-state index is 10.6. The molecule has 0 fully saturated rings. The lowest BCUT2D eigenvalue weighted by molar-refractivity contribution is -0.137. The van der Waals surface area contributed by atoms with Gasteiger partial charge >= 0.3 is 5.97 Å². The van der Waals surface area contributed by atoms with Crippen molar-refractivity contribution < 1.29 is 20.1 Å². The molecule has 0 amide bonds. The molecule has 0 aliphatic rings. The van der Waals surface area contributed by atoms with Gasteiger partial charge in [0.1, 0.15) is 11.5 Å². The first-order valence-corrected chi connectivity index (χ1v) is 10.8. The molecule has 0 aliphatic carbocycles. The monoisotopic (exact) mass is 402 g/mol. The third kappa shape index (κ3) is 9.69. The summed E-state index contributed by atoms with van der Waals surface area (Å²) in [6.07, 6.45) is 11.4. The lowest BCUT2D eigenvalue weighted by Gasteiger charge is -2.17. The van der Waals surface area contributed by atoms with E-state index >= 15 is 0 Å². The fraction of sp³-hybridized carbons (Fsp3) is 0.560. The van der Waals surface area contributed by atoms with Crippen LogP contribution in [0.3, 0.4) is 0 Å². The van der Waals surface area contributed by atoms with E-state index in [1.165, 1.54) is 11.1 Å². The topological polar surface area (TPSA) is 77.8 Å². The van der Waals surface area contributed by atoms with Gasteiger partial charge in [-0.15, -0.1) is 0 Å². The Labute approximate surface area is 176 Å². The van der Waals surface area contributed by atoms with Crippen molar-refractivity contribution in [3.05, 3.63) is 46.6 Å². The summed E-state index contributed by atoms with van der Waals surface area (Å²) >= 11 is 0. The summed E-state index contributed by atoms with van der Waals surface area (Å²) in [4.78, 5) is 10.6. The van der Waals surface area contributed by atoms with E-state index in [1.807, 2.05) is 0 Å². The fourth-order valence-electron chi connectivity index (χ4n) is 3.52. The lowest BCUT2D eigenvalue weighted by Crippen LogP contribution is -2.00. The molecule has 4 heteroatoms. The Bertz CT molecular complexity index is 689. The zero-order chi connectivity index (χ0) is 21.8. The van der Waals surface area contributed by atoms with Crippen molar-refractivity contribution in [2.75, 3.05) is 0 Å². The minimum atomic E-state index is -0.747. The van der Waals surface area contributed by atoms with E-state index in [4.69, 9.17) is 5.11 Å². The molecule has 1 unspecified atom stereocenters. The van der Waals surface area contributed by atoms with Crippen LogP contribution in [0.25, 0.3) is 0 Å². The molecule has 0 saturated heterocycles. The third-order valence-electron chi connectivity index (χ3n) is 5.38. The highest BCUT2D eigenvalue weighted by Gasteiger charge is 2.15. The number of rotatable bonds is 13. The Morgan fingerprint density at radius 3 is 2.21 bits per heavy atom. The van der Waals surface area contributed by atoms with E-state index in [-0.39, 0.29) is 23.8 Å². The van der Waals surface area contributed by atoms with Gasteiger partial charge in [-0.25, -0.2) is 0 Å². The van der Waals surface area contributed by atoms with E-state index in [9.17, 15) is 15.0 Å². The Kier molecular flexibility index (Phi) is 11.2. The second-order valence-electron chi connectivity index (χ2n) is 8.21. The quantitative estimate of drug-likeness (QED) is 0.249. The number of phenols is 2. The van der Waals surface area contributed by atoms with Gasteiger partial charge in [-0.1, -0.05) is 43.1 Å². The molecule has 3 N–H and O–H groups in total. The molecule has 1 aromatic rings. The summed E-state index contributed by atoms with van der Waals surface area (Å²) in [6.45, 7) is 8.37. The van der Waals surface area contributed by atoms with Crippen molar-refractivity contribution in [3.63, 3.8) is 0 Å². The van der Waals surface area contributed by atoms with Gasteiger partial charge < -0.3 is 15.3 Å². The molecule has 0 aromatic heterocycles. The highest BCUT2D eigenvalue weighted by molar-refractivity contribution is 5.66. The number of phenolic OH excluding ortho intramolecular Hbond substituents is 2. The SMILES string of the molecule is CCC(CCCCCC(=O)O)c1cc(O)c(C/C=C(\C)CCC=C(C)C)c(O)c1. The molecular formula is C25H38O4. The Morgan fingerprint density at radius 2 is 1.66 bits per heavy atom. The molecule has 1 rings (SSSR count). The largest absolute Gasteiger partial charge is 0.508 e. The van der Waals surface area contributed by atoms with Gasteiger partial charge in [0.2, 0.25) is 0 Å². The standard InChI is InChI=1S/C25H38O4/c1-5-20(12-7-6-8-13-25(28)29)21-16-23(26)22(24(27)17-21)15-14-19(4)11-9-10-18(2)3/h10,14,16-17,20,26-27H,5-9,11-13,15H2,1-4H3,(H,28,29)/b19-14+. The first-order valence-electron chi connectivity index (χ1n) is 10.8. The first kappa shape index (κ1) is 24.8. The molecule has 162 valence electrons. The van der Waals surface area contributed by atoms with E-state index in [1.54, 1.807) is 12.1 Å². The van der Waals surface area contributed by atoms with Crippen LogP contribution in [0.15, 0.2) is 35.4 Å². The molecule has 0 aliphatic heterocycles. The molecule has 1 aromatic carbocycles. The highest BCUT2D eigenvalue weighted by Crippen LogP contribution is 2.36. The smallest absolute Gasteiger partial charge is 0.303 e. The van der Waals surface area contributed by atoms with Crippen molar-refractivity contribution in [3.8, 4) is 11.5 Å². The summed E-state index contributed by atoms with van der Waals surface area (Å²) < 4.78 is 0. The summed E-state index contributed by atoms with van der Waals surface area (Å²) in [6, 6.07) is 3.57. The summed E-state index contributed by atoms with van der Waals surface area (Å²) in [5.74, 6) is -0.189. The van der Waals surface area contributed by atoms with Gasteiger partial charge in [-0.3, -0.25) is 4.79 Å². The van der Waals surface area contributed by atoms with E-state index in [0.717, 1.165) is 44.1 Å². The number of hydrogen-bond donors (Lipinski definition) is 3. The van der Waals surface area contributed by atoms with E-state index < -0.39 is 5.97 Å². The molecule has 0 radical (unpaired) electrons. The average Bonchev–Trinajstić information content (AvgIpc) is 2.63. The molecule has 4 nitrogen and oxygen atoms in total. The molecular weight excluding hydrogens is 364 g/mol. The average molecular weight is 403 g/mol. The second-order valence-corrected chi connectivity index (χ2v) is 8.21. The van der Waals surface area contributed by atoms with Crippen LogP contribution in [0, 0.1) is 0 Å². The number of allylic oxidation sites excluding steroid dienone is 4. The predicted octanol–water partition coefficient (Wildman–Crippen LogP) is 6.86. The van der Waals surface area contributed by atoms with Crippen molar-refractivity contribution >= 4 is 5.97 Å². The van der Waals surface area contributed by atoms with Gasteiger partial charge in [0, 0.05) is 12.0 Å². The Hall–Kier alpha value is -2.23. The van der Waals surface area contributed by atoms with Gasteiger partial charge in [-0.05, 0) is 82.9 Å². The Balaban J connectivity index is 2.71. The molecule has 29 heavy (non-hydrogen) atoms. The molecule has 0 bridgehead atoms.